The Morgan fingerprint density at radius 2 is 1.79 bits per heavy atom. The highest BCUT2D eigenvalue weighted by atomic mass is 16.2. The molecule has 0 atom stereocenters. The van der Waals surface area contributed by atoms with E-state index in [1.807, 2.05) is 0 Å². The Balaban J connectivity index is 0.000000637. The molecule has 2 aliphatic heterocycles. The molecule has 1 N–H and O–H groups in total. The van der Waals surface area contributed by atoms with Crippen LogP contribution in [0.1, 0.15) is 24.6 Å². The Bertz CT molecular complexity index is 686. The first kappa shape index (κ1) is 13.3. The van der Waals surface area contributed by atoms with Crippen LogP contribution in [0.25, 0.3) is 11.5 Å². The van der Waals surface area contributed by atoms with E-state index in [0.29, 0.717) is 11.7 Å². The summed E-state index contributed by atoms with van der Waals surface area (Å²) in [4.78, 5) is 31.4. The summed E-state index contributed by atoms with van der Waals surface area (Å²) < 4.78 is 2.42. The number of aromatic nitrogens is 5. The van der Waals surface area contributed by atoms with Gasteiger partial charge < -0.3 is 5.11 Å². The Hall–Kier alpha value is -2.09. The predicted octanol–water partition coefficient (Wildman–Crippen LogP) is -1.14. The summed E-state index contributed by atoms with van der Waals surface area (Å²) in [5.74, 6) is 1.25. The summed E-state index contributed by atoms with van der Waals surface area (Å²) in [6, 6.07) is 0. The van der Waals surface area contributed by atoms with Crippen molar-refractivity contribution in [3.63, 3.8) is 0 Å². The van der Waals surface area contributed by atoms with Crippen LogP contribution in [-0.4, -0.2) is 36.5 Å². The SMILES string of the molecule is CO.Cn1nc(C2CC2)nc2c(=O)n(C)c(=O)nc1-2. The van der Waals surface area contributed by atoms with Crippen LogP contribution in [0, 0.1) is 0 Å². The van der Waals surface area contributed by atoms with E-state index in [2.05, 4.69) is 15.1 Å². The van der Waals surface area contributed by atoms with Crippen LogP contribution < -0.4 is 11.2 Å². The van der Waals surface area contributed by atoms with E-state index in [4.69, 9.17) is 5.11 Å². The normalized spacial score (nSPS) is 14.1. The van der Waals surface area contributed by atoms with E-state index >= 15 is 0 Å². The Morgan fingerprint density at radius 1 is 1.16 bits per heavy atom. The van der Waals surface area contributed by atoms with Gasteiger partial charge in [-0.05, 0) is 12.8 Å². The zero-order chi connectivity index (χ0) is 14.2. The molecule has 0 saturated heterocycles. The second-order valence-corrected chi connectivity index (χ2v) is 4.30. The van der Waals surface area contributed by atoms with E-state index in [1.54, 1.807) is 7.05 Å². The molecule has 102 valence electrons. The summed E-state index contributed by atoms with van der Waals surface area (Å²) in [6.07, 6.45) is 2.11. The molecule has 0 aromatic carbocycles. The molecule has 0 amide bonds. The molecule has 1 saturated carbocycles. The maximum atomic E-state index is 11.9. The van der Waals surface area contributed by atoms with E-state index in [1.165, 1.54) is 11.7 Å². The Morgan fingerprint density at radius 3 is 2.37 bits per heavy atom. The second-order valence-electron chi connectivity index (χ2n) is 4.30. The van der Waals surface area contributed by atoms with Crippen LogP contribution in [-0.2, 0) is 14.1 Å². The Labute approximate surface area is 108 Å². The highest BCUT2D eigenvalue weighted by molar-refractivity contribution is 5.48. The van der Waals surface area contributed by atoms with Gasteiger partial charge in [0, 0.05) is 27.1 Å². The lowest BCUT2D eigenvalue weighted by Crippen LogP contribution is -2.37. The fourth-order valence-electron chi connectivity index (χ4n) is 1.74. The first-order chi connectivity index (χ1) is 9.08. The summed E-state index contributed by atoms with van der Waals surface area (Å²) in [7, 11) is 4.07. The number of rotatable bonds is 1. The van der Waals surface area contributed by atoms with Crippen molar-refractivity contribution in [1.82, 2.24) is 24.3 Å². The lowest BCUT2D eigenvalue weighted by molar-refractivity contribution is 0.399. The van der Waals surface area contributed by atoms with Gasteiger partial charge in [-0.25, -0.2) is 14.5 Å². The third kappa shape index (κ3) is 2.26. The lowest BCUT2D eigenvalue weighted by atomic mass is 10.3. The molecular weight excluding hydrogens is 250 g/mol. The molecule has 8 nitrogen and oxygen atoms in total. The molecule has 0 unspecified atom stereocenters. The van der Waals surface area contributed by atoms with Gasteiger partial charge >= 0.3 is 5.69 Å². The molecule has 1 aliphatic carbocycles. The van der Waals surface area contributed by atoms with E-state index in [0.717, 1.165) is 24.5 Å². The van der Waals surface area contributed by atoms with Gasteiger partial charge in [-0.3, -0.25) is 9.36 Å². The second kappa shape index (κ2) is 4.88. The lowest BCUT2D eigenvalue weighted by Gasteiger charge is -2.10. The molecule has 0 spiro atoms. The number of hydrogen-bond donors (Lipinski definition) is 1. The molecule has 3 rings (SSSR count). The summed E-state index contributed by atoms with van der Waals surface area (Å²) in [5, 5.41) is 11.2. The van der Waals surface area contributed by atoms with Crippen LogP contribution in [0.5, 0.6) is 0 Å². The third-order valence-corrected chi connectivity index (χ3v) is 2.94. The van der Waals surface area contributed by atoms with Gasteiger partial charge in [-0.15, -0.1) is 0 Å². The number of hydrogen-bond acceptors (Lipinski definition) is 6. The van der Waals surface area contributed by atoms with Crippen LogP contribution in [0.2, 0.25) is 0 Å². The zero-order valence-electron chi connectivity index (χ0n) is 11.0. The molecule has 8 heteroatoms. The van der Waals surface area contributed by atoms with Crippen molar-refractivity contribution >= 4 is 0 Å². The van der Waals surface area contributed by atoms with Crippen LogP contribution in [0.3, 0.4) is 0 Å². The fraction of sp³-hybridized carbons (Fsp3) is 0.545. The van der Waals surface area contributed by atoms with Crippen molar-refractivity contribution in [2.45, 2.75) is 18.8 Å². The molecule has 0 aromatic heterocycles. The number of aryl methyl sites for hydroxylation is 1. The fourth-order valence-corrected chi connectivity index (χ4v) is 1.74. The standard InChI is InChI=1S/C10H11N5O2.CH4O/c1-14-9(16)6-8(12-10(14)17)15(2)13-7(11-6)5-3-4-5;1-2/h5H,3-4H2,1-2H3;2H,1H3. The minimum atomic E-state index is -0.583. The van der Waals surface area contributed by atoms with Crippen molar-refractivity contribution in [1.29, 1.82) is 0 Å². The maximum absolute atomic E-state index is 11.9. The van der Waals surface area contributed by atoms with Crippen molar-refractivity contribution in [3.05, 3.63) is 26.7 Å². The summed E-state index contributed by atoms with van der Waals surface area (Å²) >= 11 is 0. The molecular formula is C11H15N5O3. The first-order valence-corrected chi connectivity index (χ1v) is 5.84. The van der Waals surface area contributed by atoms with E-state index in [9.17, 15) is 9.59 Å². The Kier molecular flexibility index (Phi) is 3.43. The van der Waals surface area contributed by atoms with Gasteiger partial charge in [0.15, 0.2) is 17.3 Å². The van der Waals surface area contributed by atoms with Gasteiger partial charge in [0.1, 0.15) is 0 Å². The average Bonchev–Trinajstić information content (AvgIpc) is 3.24. The predicted molar refractivity (Wildman–Crippen MR) is 67.0 cm³/mol. The number of fused-ring (bicyclic) bond motifs is 1. The maximum Gasteiger partial charge on any atom is 0.352 e. The molecule has 3 aliphatic rings. The highest BCUT2D eigenvalue weighted by Crippen LogP contribution is 2.38. The van der Waals surface area contributed by atoms with E-state index in [-0.39, 0.29) is 11.5 Å². The van der Waals surface area contributed by atoms with Crippen molar-refractivity contribution in [2.75, 3.05) is 7.11 Å². The van der Waals surface area contributed by atoms with Gasteiger partial charge in [-0.1, -0.05) is 0 Å². The quantitative estimate of drug-likeness (QED) is 0.699. The zero-order valence-corrected chi connectivity index (χ0v) is 11.0. The largest absolute Gasteiger partial charge is 0.400 e. The molecule has 2 heterocycles. The number of aliphatic hydroxyl groups is 1. The minimum Gasteiger partial charge on any atom is -0.400 e. The molecule has 0 bridgehead atoms. The van der Waals surface area contributed by atoms with E-state index < -0.39 is 11.2 Å². The molecule has 1 fully saturated rings. The topological polar surface area (TPSA) is 103 Å². The van der Waals surface area contributed by atoms with Gasteiger partial charge in [0.2, 0.25) is 0 Å². The van der Waals surface area contributed by atoms with Gasteiger partial charge in [0.25, 0.3) is 5.56 Å². The average molecular weight is 265 g/mol. The van der Waals surface area contributed by atoms with Crippen molar-refractivity contribution < 1.29 is 5.11 Å². The third-order valence-electron chi connectivity index (χ3n) is 2.94. The van der Waals surface area contributed by atoms with Crippen LogP contribution >= 0.6 is 0 Å². The molecule has 0 radical (unpaired) electrons. The number of nitrogens with zero attached hydrogens (tertiary/aromatic N) is 5. The summed E-state index contributed by atoms with van der Waals surface area (Å²) in [5.41, 5.74) is -0.785. The summed E-state index contributed by atoms with van der Waals surface area (Å²) in [6.45, 7) is 0. The minimum absolute atomic E-state index is 0.214. The van der Waals surface area contributed by atoms with Crippen LogP contribution in [0.4, 0.5) is 0 Å². The monoisotopic (exact) mass is 265 g/mol. The first-order valence-electron chi connectivity index (χ1n) is 5.84. The highest BCUT2D eigenvalue weighted by Gasteiger charge is 2.29. The smallest absolute Gasteiger partial charge is 0.352 e. The number of aliphatic hydroxyl groups excluding tert-OH is 1. The van der Waals surface area contributed by atoms with Crippen molar-refractivity contribution in [3.8, 4) is 11.5 Å². The van der Waals surface area contributed by atoms with Crippen molar-refractivity contribution in [2.24, 2.45) is 14.1 Å². The molecule has 0 aromatic rings. The van der Waals surface area contributed by atoms with Gasteiger partial charge in [-0.2, -0.15) is 10.1 Å². The van der Waals surface area contributed by atoms with Crippen LogP contribution in [0.15, 0.2) is 9.59 Å². The van der Waals surface area contributed by atoms with Gasteiger partial charge in [0.05, 0.1) is 0 Å². The molecule has 19 heavy (non-hydrogen) atoms.